The standard InChI is InChI=1S/C27H44N4O4/c1-16(2)20(15-17(3)25(34)35)31(10)24(33)22(26(4,5)6)30-23(32)21(29-9)27(7,8)18-11-13-19(28)14-12-18/h11-16,20-22,29H,28H2,1-10H3,(H,30,32)(H,34,35)/b17-15+/t20-,21?,22-/m1/s1. The maximum absolute atomic E-state index is 13.7. The first-order valence-electron chi connectivity index (χ1n) is 12.0. The van der Waals surface area contributed by atoms with Gasteiger partial charge in [-0.25, -0.2) is 4.79 Å². The fourth-order valence-corrected chi connectivity index (χ4v) is 4.20. The molecule has 0 fully saturated rings. The summed E-state index contributed by atoms with van der Waals surface area (Å²) >= 11 is 0. The number of nitrogens with zero attached hydrogens (tertiary/aromatic N) is 1. The molecule has 35 heavy (non-hydrogen) atoms. The Kier molecular flexibility index (Phi) is 10.1. The van der Waals surface area contributed by atoms with Gasteiger partial charge in [0.05, 0.1) is 12.1 Å². The number of carbonyl (C=O) groups is 3. The molecule has 1 aromatic carbocycles. The van der Waals surface area contributed by atoms with Crippen LogP contribution < -0.4 is 16.4 Å². The van der Waals surface area contributed by atoms with Crippen LogP contribution in [-0.2, 0) is 19.8 Å². The van der Waals surface area contributed by atoms with Gasteiger partial charge in [0.2, 0.25) is 11.8 Å². The molecule has 2 amide bonds. The Morgan fingerprint density at radius 1 is 1.03 bits per heavy atom. The minimum atomic E-state index is -1.03. The van der Waals surface area contributed by atoms with Crippen molar-refractivity contribution < 1.29 is 19.5 Å². The molecule has 3 atom stereocenters. The third-order valence-corrected chi connectivity index (χ3v) is 6.56. The Hall–Kier alpha value is -2.87. The molecule has 0 aliphatic rings. The average Bonchev–Trinajstić information content (AvgIpc) is 2.74. The SMILES string of the molecule is CNC(C(=O)N[C@H](C(=O)N(C)[C@H](/C=C(\C)C(=O)O)C(C)C)C(C)(C)C)C(C)(C)c1ccc(N)cc1. The van der Waals surface area contributed by atoms with Crippen LogP contribution in [0.15, 0.2) is 35.9 Å². The first-order valence-corrected chi connectivity index (χ1v) is 12.0. The van der Waals surface area contributed by atoms with Gasteiger partial charge in [-0.1, -0.05) is 66.7 Å². The number of aliphatic carboxylic acids is 1. The van der Waals surface area contributed by atoms with E-state index in [1.54, 1.807) is 32.3 Å². The Morgan fingerprint density at radius 2 is 1.54 bits per heavy atom. The van der Waals surface area contributed by atoms with Crippen LogP contribution in [-0.4, -0.2) is 60.0 Å². The van der Waals surface area contributed by atoms with Crippen LogP contribution in [0.25, 0.3) is 0 Å². The number of carboxylic acids is 1. The molecular weight excluding hydrogens is 444 g/mol. The molecule has 0 radical (unpaired) electrons. The van der Waals surface area contributed by atoms with Crippen LogP contribution in [0.1, 0.15) is 61.0 Å². The highest BCUT2D eigenvalue weighted by atomic mass is 16.4. The molecule has 0 saturated carbocycles. The maximum atomic E-state index is 13.7. The molecule has 196 valence electrons. The fraction of sp³-hybridized carbons (Fsp3) is 0.593. The normalized spacial score (nSPS) is 15.3. The van der Waals surface area contributed by atoms with E-state index in [0.29, 0.717) is 5.69 Å². The number of carboxylic acid groups (broad SMARTS) is 1. The van der Waals surface area contributed by atoms with E-state index < -0.39 is 34.9 Å². The maximum Gasteiger partial charge on any atom is 0.331 e. The van der Waals surface area contributed by atoms with Crippen molar-refractivity contribution in [2.45, 2.75) is 78.9 Å². The summed E-state index contributed by atoms with van der Waals surface area (Å²) in [6.07, 6.45) is 1.59. The van der Waals surface area contributed by atoms with Gasteiger partial charge in [0.15, 0.2) is 0 Å². The van der Waals surface area contributed by atoms with Crippen LogP contribution >= 0.6 is 0 Å². The third-order valence-electron chi connectivity index (χ3n) is 6.56. The summed E-state index contributed by atoms with van der Waals surface area (Å²) in [4.78, 5) is 40.2. The van der Waals surface area contributed by atoms with Crippen LogP contribution in [0, 0.1) is 11.3 Å². The summed E-state index contributed by atoms with van der Waals surface area (Å²) in [6, 6.07) is 5.52. The zero-order valence-electron chi connectivity index (χ0n) is 22.9. The number of carbonyl (C=O) groups excluding carboxylic acids is 2. The zero-order chi connectivity index (χ0) is 27.3. The molecule has 0 heterocycles. The van der Waals surface area contributed by atoms with Crippen LogP contribution in [0.2, 0.25) is 0 Å². The highest BCUT2D eigenvalue weighted by Crippen LogP contribution is 2.29. The molecular formula is C27H44N4O4. The van der Waals surface area contributed by atoms with E-state index in [-0.39, 0.29) is 23.3 Å². The van der Waals surface area contributed by atoms with Crippen molar-refractivity contribution in [1.29, 1.82) is 0 Å². The summed E-state index contributed by atoms with van der Waals surface area (Å²) in [6.45, 7) is 15.0. The Morgan fingerprint density at radius 3 is 1.94 bits per heavy atom. The first kappa shape index (κ1) is 30.2. The van der Waals surface area contributed by atoms with Crippen LogP contribution in [0.4, 0.5) is 5.69 Å². The minimum absolute atomic E-state index is 0.0240. The summed E-state index contributed by atoms with van der Waals surface area (Å²) < 4.78 is 0. The summed E-state index contributed by atoms with van der Waals surface area (Å²) in [5.74, 6) is -1.63. The van der Waals surface area contributed by atoms with Gasteiger partial charge in [-0.15, -0.1) is 0 Å². The second-order valence-corrected chi connectivity index (χ2v) is 11.2. The Balaban J connectivity index is 3.30. The van der Waals surface area contributed by atoms with Crippen molar-refractivity contribution in [3.63, 3.8) is 0 Å². The lowest BCUT2D eigenvalue weighted by atomic mass is 9.76. The molecule has 1 rings (SSSR count). The predicted octanol–water partition coefficient (Wildman–Crippen LogP) is 3.18. The van der Waals surface area contributed by atoms with E-state index in [4.69, 9.17) is 5.73 Å². The number of hydrogen-bond donors (Lipinski definition) is 4. The molecule has 5 N–H and O–H groups in total. The van der Waals surface area contributed by atoms with E-state index in [1.807, 2.05) is 60.6 Å². The number of nitrogens with two attached hydrogens (primary N) is 1. The van der Waals surface area contributed by atoms with Gasteiger partial charge in [0.25, 0.3) is 0 Å². The molecule has 8 heteroatoms. The van der Waals surface area contributed by atoms with Gasteiger partial charge in [0.1, 0.15) is 6.04 Å². The second-order valence-electron chi connectivity index (χ2n) is 11.2. The molecule has 0 spiro atoms. The van der Waals surface area contributed by atoms with Crippen molar-refractivity contribution in [1.82, 2.24) is 15.5 Å². The molecule has 1 aromatic rings. The van der Waals surface area contributed by atoms with Gasteiger partial charge >= 0.3 is 5.97 Å². The van der Waals surface area contributed by atoms with Crippen molar-refractivity contribution in [3.05, 3.63) is 41.5 Å². The molecule has 0 aliphatic carbocycles. The number of hydrogen-bond acceptors (Lipinski definition) is 5. The summed E-state index contributed by atoms with van der Waals surface area (Å²) in [5, 5.41) is 15.4. The number of nitrogens with one attached hydrogen (secondary N) is 2. The quantitative estimate of drug-likeness (QED) is 0.296. The van der Waals surface area contributed by atoms with E-state index in [0.717, 1.165) is 5.56 Å². The Labute approximate surface area is 210 Å². The third kappa shape index (κ3) is 7.56. The van der Waals surface area contributed by atoms with Crippen LogP contribution in [0.5, 0.6) is 0 Å². The van der Waals surface area contributed by atoms with Gasteiger partial charge in [0, 0.05) is 23.7 Å². The highest BCUT2D eigenvalue weighted by molar-refractivity contribution is 5.91. The van der Waals surface area contributed by atoms with Gasteiger partial charge in [-0.05, 0) is 43.0 Å². The number of amides is 2. The van der Waals surface area contributed by atoms with E-state index >= 15 is 0 Å². The summed E-state index contributed by atoms with van der Waals surface area (Å²) in [5.41, 5.74) is 6.40. The fourth-order valence-electron chi connectivity index (χ4n) is 4.20. The van der Waals surface area contributed by atoms with E-state index in [1.165, 1.54) is 11.8 Å². The second kappa shape index (κ2) is 11.7. The Bertz CT molecular complexity index is 929. The molecule has 0 bridgehead atoms. The van der Waals surface area contributed by atoms with Gasteiger partial charge in [-0.3, -0.25) is 9.59 Å². The number of anilines is 1. The van der Waals surface area contributed by atoms with Crippen molar-refractivity contribution in [2.24, 2.45) is 11.3 Å². The first-order chi connectivity index (χ1) is 15.9. The smallest absolute Gasteiger partial charge is 0.331 e. The van der Waals surface area contributed by atoms with Gasteiger partial charge < -0.3 is 26.4 Å². The summed E-state index contributed by atoms with van der Waals surface area (Å²) in [7, 11) is 3.37. The zero-order valence-corrected chi connectivity index (χ0v) is 22.9. The largest absolute Gasteiger partial charge is 0.478 e. The molecule has 0 aromatic heterocycles. The minimum Gasteiger partial charge on any atom is -0.478 e. The van der Waals surface area contributed by atoms with Crippen molar-refractivity contribution >= 4 is 23.5 Å². The van der Waals surface area contributed by atoms with E-state index in [2.05, 4.69) is 10.6 Å². The molecule has 1 unspecified atom stereocenters. The molecule has 8 nitrogen and oxygen atoms in total. The monoisotopic (exact) mass is 488 g/mol. The lowest BCUT2D eigenvalue weighted by Crippen LogP contribution is -2.61. The molecule has 0 aliphatic heterocycles. The van der Waals surface area contributed by atoms with E-state index in [9.17, 15) is 19.5 Å². The lowest BCUT2D eigenvalue weighted by molar-refractivity contribution is -0.141. The highest BCUT2D eigenvalue weighted by Gasteiger charge is 2.41. The lowest BCUT2D eigenvalue weighted by Gasteiger charge is -2.40. The predicted molar refractivity (Wildman–Crippen MR) is 141 cm³/mol. The number of nitrogen functional groups attached to an aromatic ring is 1. The number of benzene rings is 1. The number of rotatable bonds is 10. The van der Waals surface area contributed by atoms with Crippen molar-refractivity contribution in [2.75, 3.05) is 19.8 Å². The average molecular weight is 489 g/mol. The molecule has 0 saturated heterocycles. The van der Waals surface area contributed by atoms with Gasteiger partial charge in [-0.2, -0.15) is 0 Å². The number of likely N-dealkylation sites (N-methyl/N-ethyl adjacent to an activating group) is 2. The van der Waals surface area contributed by atoms with Crippen LogP contribution in [0.3, 0.4) is 0 Å². The topological polar surface area (TPSA) is 125 Å². The van der Waals surface area contributed by atoms with Crippen molar-refractivity contribution in [3.8, 4) is 0 Å².